The largest absolute Gasteiger partial charge is 0.529 e. The van der Waals surface area contributed by atoms with Gasteiger partial charge in [-0.05, 0) is 43.8 Å². The number of carbonyl (C=O) groups excluding carboxylic acids is 1. The summed E-state index contributed by atoms with van der Waals surface area (Å²) in [6.45, 7) is 4.14. The number of hydrogen-bond donors (Lipinski definition) is 2. The Labute approximate surface area is 291 Å². The van der Waals surface area contributed by atoms with E-state index in [-0.39, 0.29) is 23.1 Å². The van der Waals surface area contributed by atoms with Crippen LogP contribution in [0.4, 0.5) is 10.5 Å². The molecular formula is C34H41ClN5O8S+. The van der Waals surface area contributed by atoms with E-state index >= 15 is 8.42 Å². The van der Waals surface area contributed by atoms with Crippen LogP contribution in [-0.2, 0) is 14.8 Å². The number of amides is 2. The number of quaternary nitrogens is 1. The lowest BCUT2D eigenvalue weighted by molar-refractivity contribution is -0.771. The quantitative estimate of drug-likeness (QED) is 0.246. The third kappa shape index (κ3) is 5.78. The first-order valence-electron chi connectivity index (χ1n) is 16.1. The number of anilines is 1. The molecule has 0 radical (unpaired) electrons. The minimum atomic E-state index is -4.96. The number of carboxylic acid groups (broad SMARTS) is 1. The number of nitrogens with one attached hydrogen (secondary N) is 1. The van der Waals surface area contributed by atoms with E-state index in [0.717, 1.165) is 13.1 Å². The Hall–Kier alpha value is -3.95. The first kappa shape index (κ1) is 34.9. The number of piperazine rings is 1. The summed E-state index contributed by atoms with van der Waals surface area (Å²) in [7, 11) is -0.214. The van der Waals surface area contributed by atoms with Crippen molar-refractivity contribution < 1.29 is 41.2 Å². The molecule has 6 unspecified atom stereocenters. The molecule has 4 heterocycles. The molecule has 1 aromatic heterocycles. The number of fused-ring (bicyclic) bond motifs is 1. The van der Waals surface area contributed by atoms with Gasteiger partial charge in [0.25, 0.3) is 0 Å². The number of ether oxygens (including phenoxy) is 3. The number of pyridine rings is 1. The van der Waals surface area contributed by atoms with Crippen molar-refractivity contribution in [2.24, 2.45) is 0 Å². The number of carbonyl (C=O) groups is 2. The van der Waals surface area contributed by atoms with E-state index in [0.29, 0.717) is 35.7 Å². The van der Waals surface area contributed by atoms with Crippen LogP contribution in [0, 0.1) is 0 Å². The number of rotatable bonds is 9. The molecule has 0 aliphatic carbocycles. The van der Waals surface area contributed by atoms with Crippen molar-refractivity contribution in [1.29, 1.82) is 0 Å². The molecule has 13 nitrogen and oxygen atoms in total. The maximum absolute atomic E-state index is 15.4. The molecule has 3 aromatic rings. The number of nitrogens with zero attached hydrogens (tertiary/aromatic N) is 4. The van der Waals surface area contributed by atoms with E-state index in [1.165, 1.54) is 32.4 Å². The molecule has 2 amide bonds. The minimum Gasteiger partial charge on any atom is -0.497 e. The van der Waals surface area contributed by atoms with Crippen LogP contribution in [0.25, 0.3) is 0 Å². The Kier molecular flexibility index (Phi) is 9.79. The fourth-order valence-corrected chi connectivity index (χ4v) is 10.5. The van der Waals surface area contributed by atoms with Crippen molar-refractivity contribution in [1.82, 2.24) is 14.8 Å². The predicted octanol–water partition coefficient (Wildman–Crippen LogP) is 3.81. The maximum Gasteiger partial charge on any atom is 0.529 e. The highest BCUT2D eigenvalue weighted by Gasteiger charge is 2.70. The normalized spacial score (nSPS) is 27.6. The van der Waals surface area contributed by atoms with Gasteiger partial charge in [0.2, 0.25) is 11.8 Å². The minimum absolute atomic E-state index is 0.103. The highest BCUT2D eigenvalue weighted by atomic mass is 35.5. The van der Waals surface area contributed by atoms with Crippen LogP contribution in [0.5, 0.6) is 17.4 Å². The fraction of sp³-hybridized carbons (Fsp3) is 0.441. The van der Waals surface area contributed by atoms with Gasteiger partial charge < -0.3 is 29.5 Å². The molecule has 15 heteroatoms. The van der Waals surface area contributed by atoms with Gasteiger partial charge in [-0.15, -0.1) is 15.5 Å². The summed E-state index contributed by atoms with van der Waals surface area (Å²) in [5.74, 6) is -2.26. The molecule has 2 aromatic carbocycles. The maximum atomic E-state index is 15.4. The van der Waals surface area contributed by atoms with E-state index in [1.807, 2.05) is 7.05 Å². The number of likely N-dealkylation sites (tertiary alicyclic amines) is 1. The van der Waals surface area contributed by atoms with Gasteiger partial charge in [0.1, 0.15) is 35.4 Å². The Morgan fingerprint density at radius 3 is 2.45 bits per heavy atom. The average Bonchev–Trinajstić information content (AvgIpc) is 3.43. The van der Waals surface area contributed by atoms with Gasteiger partial charge in [0, 0.05) is 55.7 Å². The Morgan fingerprint density at radius 2 is 1.78 bits per heavy atom. The van der Waals surface area contributed by atoms with Crippen molar-refractivity contribution in [2.45, 2.75) is 41.1 Å². The van der Waals surface area contributed by atoms with Crippen molar-refractivity contribution in [2.75, 3.05) is 65.9 Å². The van der Waals surface area contributed by atoms with Crippen LogP contribution in [-0.4, -0.2) is 122 Å². The van der Waals surface area contributed by atoms with E-state index in [9.17, 15) is 14.7 Å². The van der Waals surface area contributed by atoms with Crippen molar-refractivity contribution in [3.05, 3.63) is 71.9 Å². The number of alkyl halides is 1. The second-order valence-corrected chi connectivity index (χ2v) is 15.1. The van der Waals surface area contributed by atoms with E-state index in [4.69, 9.17) is 25.8 Å². The molecule has 0 spiro atoms. The molecule has 3 aliphatic heterocycles. The Morgan fingerprint density at radius 1 is 1.06 bits per heavy atom. The summed E-state index contributed by atoms with van der Waals surface area (Å²) in [6.07, 6.45) is -0.111. The van der Waals surface area contributed by atoms with Gasteiger partial charge in [-0.1, -0.05) is 24.3 Å². The SMILES string of the molecule is CCOc1ncccc1C1C(N2CCN(C)CC2)C(Cl)C[N+](C(=O)O)(S(=O)(=O)c2ccc(OC)cc2OC)C1C1C(=O)Nc2ccccc21. The molecular weight excluding hydrogens is 674 g/mol. The number of likely N-dealkylation sites (N-methyl/N-ethyl adjacent to an activating group) is 1. The van der Waals surface area contributed by atoms with Gasteiger partial charge in [-0.25, -0.2) is 4.98 Å². The van der Waals surface area contributed by atoms with Gasteiger partial charge >= 0.3 is 16.1 Å². The highest BCUT2D eigenvalue weighted by molar-refractivity contribution is 7.86. The second kappa shape index (κ2) is 13.8. The number of methoxy groups -OCH3 is 2. The van der Waals surface area contributed by atoms with Crippen LogP contribution < -0.4 is 19.5 Å². The molecule has 0 saturated carbocycles. The molecule has 6 atom stereocenters. The number of piperidine rings is 1. The summed E-state index contributed by atoms with van der Waals surface area (Å²) >= 11 is 7.37. The molecule has 2 fully saturated rings. The smallest absolute Gasteiger partial charge is 0.497 e. The van der Waals surface area contributed by atoms with Crippen LogP contribution in [0.15, 0.2) is 65.7 Å². The first-order valence-corrected chi connectivity index (χ1v) is 18.0. The number of benzene rings is 2. The molecule has 0 bridgehead atoms. The van der Waals surface area contributed by atoms with E-state index in [2.05, 4.69) is 20.1 Å². The lowest BCUT2D eigenvalue weighted by Crippen LogP contribution is -2.75. The first-order chi connectivity index (χ1) is 23.5. The summed E-state index contributed by atoms with van der Waals surface area (Å²) in [5.41, 5.74) is 1.45. The average molecular weight is 715 g/mol. The standard InChI is InChI=1S/C34H40ClN5O8S/c1-5-48-33-23(10-8-14-36-33)28-30(39-17-15-38(2)16-18-39)24(35)20-40(34(42)43,31(28)29-22-9-6-7-11-25(22)37-32(29)41)49(44,45)27-13-12-21(46-3)19-26(27)47-4/h6-14,19,24,28-31H,5,15-18,20H2,1-4H3,(H-,37,41,42,43)/p+1. The molecule has 2 saturated heterocycles. The van der Waals surface area contributed by atoms with E-state index < -0.39 is 61.8 Å². The summed E-state index contributed by atoms with van der Waals surface area (Å²) in [5, 5.41) is 13.4. The number of hydrogen-bond acceptors (Lipinski definition) is 10. The third-order valence-electron chi connectivity index (χ3n) is 10.0. The lowest BCUT2D eigenvalue weighted by atomic mass is 9.72. The van der Waals surface area contributed by atoms with Crippen LogP contribution >= 0.6 is 11.6 Å². The van der Waals surface area contributed by atoms with E-state index in [1.54, 1.807) is 49.5 Å². The molecule has 262 valence electrons. The molecule has 3 aliphatic rings. The zero-order valence-corrected chi connectivity index (χ0v) is 29.4. The number of para-hydroxylation sites is 1. The van der Waals surface area contributed by atoms with Crippen LogP contribution in [0.3, 0.4) is 0 Å². The summed E-state index contributed by atoms with van der Waals surface area (Å²) in [4.78, 5) is 36.9. The number of aromatic nitrogens is 1. The van der Waals surface area contributed by atoms with Crippen molar-refractivity contribution in [3.63, 3.8) is 0 Å². The topological polar surface area (TPSA) is 148 Å². The lowest BCUT2D eigenvalue weighted by Gasteiger charge is -2.54. The molecule has 49 heavy (non-hydrogen) atoms. The van der Waals surface area contributed by atoms with Crippen molar-refractivity contribution >= 4 is 39.3 Å². The van der Waals surface area contributed by atoms with Crippen LogP contribution in [0.2, 0.25) is 0 Å². The zero-order valence-electron chi connectivity index (χ0n) is 27.8. The molecule has 2 N–H and O–H groups in total. The summed E-state index contributed by atoms with van der Waals surface area (Å²) in [6, 6.07) is 12.5. The van der Waals surface area contributed by atoms with Gasteiger partial charge in [0.15, 0.2) is 4.90 Å². The molecule has 6 rings (SSSR count). The van der Waals surface area contributed by atoms with Gasteiger partial charge in [-0.3, -0.25) is 9.69 Å². The van der Waals surface area contributed by atoms with Crippen molar-refractivity contribution in [3.8, 4) is 17.4 Å². The van der Waals surface area contributed by atoms with Gasteiger partial charge in [-0.2, -0.15) is 13.2 Å². The van der Waals surface area contributed by atoms with Crippen LogP contribution in [0.1, 0.15) is 29.9 Å². The number of halogens is 1. The predicted molar refractivity (Wildman–Crippen MR) is 182 cm³/mol. The second-order valence-electron chi connectivity index (χ2n) is 12.5. The number of sulfonamides is 1. The Balaban J connectivity index is 1.70. The summed E-state index contributed by atoms with van der Waals surface area (Å²) < 4.78 is 46.1. The third-order valence-corrected chi connectivity index (χ3v) is 12.7. The zero-order chi connectivity index (χ0) is 35.1. The van der Waals surface area contributed by atoms with Gasteiger partial charge in [0.05, 0.1) is 26.7 Å². The highest BCUT2D eigenvalue weighted by Crippen LogP contribution is 2.54. The Bertz CT molecular complexity index is 1840. The fourth-order valence-electron chi connectivity index (χ4n) is 7.78. The monoisotopic (exact) mass is 714 g/mol.